The molecular formula is C18H17F3N2O2. The van der Waals surface area contributed by atoms with E-state index < -0.39 is 24.0 Å². The number of nitrogens with one attached hydrogen (secondary N) is 2. The molecule has 0 aliphatic heterocycles. The maximum absolute atomic E-state index is 12.5. The highest BCUT2D eigenvalue weighted by atomic mass is 19.4. The zero-order chi connectivity index (χ0) is 18.4. The van der Waals surface area contributed by atoms with Crippen LogP contribution in [-0.2, 0) is 9.59 Å². The summed E-state index contributed by atoms with van der Waals surface area (Å²) in [6.45, 7) is 1.80. The van der Waals surface area contributed by atoms with E-state index in [4.69, 9.17) is 0 Å². The van der Waals surface area contributed by atoms with Crippen LogP contribution in [0.2, 0.25) is 0 Å². The monoisotopic (exact) mass is 350 g/mol. The Labute approximate surface area is 143 Å². The zero-order valence-electron chi connectivity index (χ0n) is 13.4. The summed E-state index contributed by atoms with van der Waals surface area (Å²) in [6, 6.07) is 14.0. The summed E-state index contributed by atoms with van der Waals surface area (Å²) in [7, 11) is 0. The molecule has 2 N–H and O–H groups in total. The minimum Gasteiger partial charge on any atom is -0.341 e. The number of carbonyl (C=O) groups excluding carboxylic acids is 2. The first-order valence-electron chi connectivity index (χ1n) is 7.55. The second kappa shape index (κ2) is 7.83. The van der Waals surface area contributed by atoms with E-state index in [0.717, 1.165) is 5.56 Å². The molecule has 0 aromatic heterocycles. The fourth-order valence-electron chi connectivity index (χ4n) is 2.28. The van der Waals surface area contributed by atoms with E-state index in [1.807, 2.05) is 5.32 Å². The van der Waals surface area contributed by atoms with Gasteiger partial charge in [-0.3, -0.25) is 9.59 Å². The summed E-state index contributed by atoms with van der Waals surface area (Å²) in [5.41, 5.74) is 1.81. The second-order valence-corrected chi connectivity index (χ2v) is 5.50. The van der Waals surface area contributed by atoms with Crippen LogP contribution in [0.1, 0.15) is 23.6 Å². The van der Waals surface area contributed by atoms with Gasteiger partial charge in [0.2, 0.25) is 5.91 Å². The highest BCUT2D eigenvalue weighted by molar-refractivity contribution is 5.92. The summed E-state index contributed by atoms with van der Waals surface area (Å²) in [5, 5.41) is 4.53. The molecule has 25 heavy (non-hydrogen) atoms. The first-order valence-corrected chi connectivity index (χ1v) is 7.55. The van der Waals surface area contributed by atoms with E-state index in [2.05, 4.69) is 5.32 Å². The number of alkyl halides is 3. The molecule has 132 valence electrons. The van der Waals surface area contributed by atoms with Gasteiger partial charge in [0.15, 0.2) is 0 Å². The number of benzene rings is 2. The van der Waals surface area contributed by atoms with Crippen molar-refractivity contribution in [3.8, 4) is 0 Å². The van der Waals surface area contributed by atoms with E-state index in [-0.39, 0.29) is 6.42 Å². The summed E-state index contributed by atoms with van der Waals surface area (Å²) >= 11 is 0. The van der Waals surface area contributed by atoms with Crippen molar-refractivity contribution in [2.24, 2.45) is 0 Å². The second-order valence-electron chi connectivity index (χ2n) is 5.50. The number of hydrogen-bond donors (Lipinski definition) is 2. The van der Waals surface area contributed by atoms with Crippen LogP contribution in [-0.4, -0.2) is 18.0 Å². The SMILES string of the molecule is Cc1ccccc1NC(=O)CC(NC(=O)C(F)(F)F)c1ccccc1. The Kier molecular flexibility index (Phi) is 5.80. The standard InChI is InChI=1S/C18H17F3N2O2/c1-12-7-5-6-10-14(12)22-16(24)11-15(13-8-3-2-4-9-13)23-17(25)18(19,20)21/h2-10,15H,11H2,1H3,(H,22,24)(H,23,25). The lowest BCUT2D eigenvalue weighted by molar-refractivity contribution is -0.174. The van der Waals surface area contributed by atoms with Crippen molar-refractivity contribution < 1.29 is 22.8 Å². The van der Waals surface area contributed by atoms with Crippen molar-refractivity contribution in [2.75, 3.05) is 5.32 Å². The van der Waals surface area contributed by atoms with Crippen LogP contribution in [0.4, 0.5) is 18.9 Å². The largest absolute Gasteiger partial charge is 0.471 e. The molecule has 0 saturated carbocycles. The van der Waals surface area contributed by atoms with Crippen LogP contribution in [0.15, 0.2) is 54.6 Å². The number of carbonyl (C=O) groups is 2. The quantitative estimate of drug-likeness (QED) is 0.863. The van der Waals surface area contributed by atoms with Gasteiger partial charge in [-0.1, -0.05) is 48.5 Å². The molecular weight excluding hydrogens is 333 g/mol. The van der Waals surface area contributed by atoms with Gasteiger partial charge in [0.25, 0.3) is 0 Å². The molecule has 2 aromatic carbocycles. The maximum Gasteiger partial charge on any atom is 0.471 e. The topological polar surface area (TPSA) is 58.2 Å². The van der Waals surface area contributed by atoms with E-state index in [9.17, 15) is 22.8 Å². The molecule has 2 aromatic rings. The minimum absolute atomic E-state index is 0.319. The van der Waals surface area contributed by atoms with Gasteiger partial charge < -0.3 is 10.6 Å². The first-order chi connectivity index (χ1) is 11.8. The number of aryl methyl sites for hydroxylation is 1. The van der Waals surface area contributed by atoms with Gasteiger partial charge in [0, 0.05) is 5.69 Å². The molecule has 2 amide bonds. The van der Waals surface area contributed by atoms with E-state index in [0.29, 0.717) is 11.3 Å². The van der Waals surface area contributed by atoms with Crippen LogP contribution in [0.5, 0.6) is 0 Å². The molecule has 0 radical (unpaired) electrons. The van der Waals surface area contributed by atoms with Crippen LogP contribution in [0, 0.1) is 6.92 Å². The summed E-state index contributed by atoms with van der Waals surface area (Å²) in [4.78, 5) is 23.5. The van der Waals surface area contributed by atoms with Crippen molar-refractivity contribution in [3.63, 3.8) is 0 Å². The summed E-state index contributed by atoms with van der Waals surface area (Å²) in [6.07, 6.45) is -5.33. The molecule has 0 aliphatic carbocycles. The van der Waals surface area contributed by atoms with Gasteiger partial charge in [0.1, 0.15) is 0 Å². The Morgan fingerprint density at radius 2 is 1.60 bits per heavy atom. The molecule has 0 spiro atoms. The van der Waals surface area contributed by atoms with Crippen molar-refractivity contribution in [1.29, 1.82) is 0 Å². The minimum atomic E-state index is -5.01. The van der Waals surface area contributed by atoms with Crippen LogP contribution in [0.25, 0.3) is 0 Å². The third-order valence-electron chi connectivity index (χ3n) is 3.57. The molecule has 0 saturated heterocycles. The molecule has 1 atom stereocenters. The third kappa shape index (κ3) is 5.34. The number of hydrogen-bond acceptors (Lipinski definition) is 2. The lowest BCUT2D eigenvalue weighted by Crippen LogP contribution is -2.40. The fourth-order valence-corrected chi connectivity index (χ4v) is 2.28. The summed E-state index contributed by atoms with van der Waals surface area (Å²) in [5.74, 6) is -2.57. The van der Waals surface area contributed by atoms with Gasteiger partial charge in [-0.2, -0.15) is 13.2 Å². The van der Waals surface area contributed by atoms with Crippen molar-refractivity contribution in [3.05, 3.63) is 65.7 Å². The Balaban J connectivity index is 2.14. The van der Waals surface area contributed by atoms with E-state index >= 15 is 0 Å². The van der Waals surface area contributed by atoms with E-state index in [1.54, 1.807) is 61.5 Å². The van der Waals surface area contributed by atoms with Crippen LogP contribution >= 0.6 is 0 Å². The zero-order valence-corrected chi connectivity index (χ0v) is 13.4. The molecule has 4 nitrogen and oxygen atoms in total. The molecule has 0 fully saturated rings. The number of anilines is 1. The number of amides is 2. The Morgan fingerprint density at radius 3 is 2.20 bits per heavy atom. The molecule has 0 bridgehead atoms. The van der Waals surface area contributed by atoms with Crippen LogP contribution in [0.3, 0.4) is 0 Å². The lowest BCUT2D eigenvalue weighted by Gasteiger charge is -2.20. The predicted octanol–water partition coefficient (Wildman–Crippen LogP) is 3.74. The number of para-hydroxylation sites is 1. The van der Waals surface area contributed by atoms with Crippen molar-refractivity contribution in [1.82, 2.24) is 5.32 Å². The highest BCUT2D eigenvalue weighted by Crippen LogP contribution is 2.22. The third-order valence-corrected chi connectivity index (χ3v) is 3.57. The van der Waals surface area contributed by atoms with Crippen molar-refractivity contribution >= 4 is 17.5 Å². The summed E-state index contributed by atoms with van der Waals surface area (Å²) < 4.78 is 37.6. The Bertz CT molecular complexity index is 745. The molecule has 1 unspecified atom stereocenters. The van der Waals surface area contributed by atoms with Gasteiger partial charge in [0.05, 0.1) is 12.5 Å². The maximum atomic E-state index is 12.5. The van der Waals surface area contributed by atoms with Gasteiger partial charge >= 0.3 is 12.1 Å². The lowest BCUT2D eigenvalue weighted by atomic mass is 10.0. The fraction of sp³-hybridized carbons (Fsp3) is 0.222. The predicted molar refractivity (Wildman–Crippen MR) is 87.8 cm³/mol. The van der Waals surface area contributed by atoms with Crippen LogP contribution < -0.4 is 10.6 Å². The molecule has 2 rings (SSSR count). The highest BCUT2D eigenvalue weighted by Gasteiger charge is 2.40. The van der Waals surface area contributed by atoms with E-state index in [1.165, 1.54) is 0 Å². The molecule has 0 heterocycles. The smallest absolute Gasteiger partial charge is 0.341 e. The molecule has 0 aliphatic rings. The van der Waals surface area contributed by atoms with Gasteiger partial charge in [-0.15, -0.1) is 0 Å². The average Bonchev–Trinajstić information content (AvgIpc) is 2.56. The Hall–Kier alpha value is -2.83. The average molecular weight is 350 g/mol. The van der Waals surface area contributed by atoms with Crippen molar-refractivity contribution in [2.45, 2.75) is 25.6 Å². The van der Waals surface area contributed by atoms with Gasteiger partial charge in [-0.25, -0.2) is 0 Å². The number of rotatable bonds is 5. The Morgan fingerprint density at radius 1 is 1.00 bits per heavy atom. The van der Waals surface area contributed by atoms with Gasteiger partial charge in [-0.05, 0) is 24.1 Å². The first kappa shape index (κ1) is 18.5. The number of halogens is 3. The molecule has 7 heteroatoms. The normalized spacial score (nSPS) is 12.3.